The smallest absolute Gasteiger partial charge is 0.227 e. The van der Waals surface area contributed by atoms with Gasteiger partial charge in [0.1, 0.15) is 5.82 Å². The van der Waals surface area contributed by atoms with Gasteiger partial charge in [-0.1, -0.05) is 5.16 Å². The number of nitrogens with one attached hydrogen (secondary N) is 2. The minimum Gasteiger partial charge on any atom is -0.384 e. The lowest BCUT2D eigenvalue weighted by molar-refractivity contribution is -0.122. The number of hydrogen-bond acceptors (Lipinski definition) is 6. The third-order valence-corrected chi connectivity index (χ3v) is 5.23. The van der Waals surface area contributed by atoms with Crippen molar-refractivity contribution < 1.29 is 18.4 Å². The van der Waals surface area contributed by atoms with E-state index in [1.165, 1.54) is 6.07 Å². The second-order valence-electron chi connectivity index (χ2n) is 7.44. The zero-order valence-corrected chi connectivity index (χ0v) is 16.4. The zero-order valence-electron chi connectivity index (χ0n) is 16.4. The van der Waals surface area contributed by atoms with E-state index in [2.05, 4.69) is 20.8 Å². The van der Waals surface area contributed by atoms with Crippen LogP contribution in [0.15, 0.2) is 22.7 Å². The van der Waals surface area contributed by atoms with E-state index in [4.69, 9.17) is 9.26 Å². The molecule has 1 aromatic heterocycles. The van der Waals surface area contributed by atoms with Crippen LogP contribution in [0.25, 0.3) is 11.4 Å². The lowest BCUT2D eigenvalue weighted by Gasteiger charge is -2.37. The molecule has 28 heavy (non-hydrogen) atoms. The molecule has 2 N–H and O–H groups in total. The maximum Gasteiger partial charge on any atom is 0.227 e. The van der Waals surface area contributed by atoms with Gasteiger partial charge in [0.25, 0.3) is 0 Å². The zero-order chi connectivity index (χ0) is 20.0. The maximum atomic E-state index is 13.4. The Balaban J connectivity index is 1.50. The Morgan fingerprint density at radius 2 is 2.18 bits per heavy atom. The highest BCUT2D eigenvalue weighted by Crippen LogP contribution is 2.28. The van der Waals surface area contributed by atoms with Crippen LogP contribution in [0.2, 0.25) is 0 Å². The fourth-order valence-electron chi connectivity index (χ4n) is 3.49. The van der Waals surface area contributed by atoms with Crippen molar-refractivity contribution in [1.29, 1.82) is 0 Å². The number of hydrogen-bond donors (Lipinski definition) is 2. The van der Waals surface area contributed by atoms with Gasteiger partial charge in [0, 0.05) is 37.5 Å². The molecule has 2 heterocycles. The molecular formula is C20H27FN4O3. The molecule has 1 aliphatic rings. The van der Waals surface area contributed by atoms with Gasteiger partial charge in [-0.2, -0.15) is 4.98 Å². The van der Waals surface area contributed by atoms with Gasteiger partial charge in [0.05, 0.1) is 6.61 Å². The Bertz CT molecular complexity index is 797. The maximum absolute atomic E-state index is 13.4. The number of ether oxygens (including phenoxy) is 1. The predicted octanol–water partition coefficient (Wildman–Crippen LogP) is 2.25. The molecule has 1 aromatic carbocycles. The van der Waals surface area contributed by atoms with Crippen LogP contribution in [0.5, 0.6) is 0 Å². The summed E-state index contributed by atoms with van der Waals surface area (Å²) in [5.41, 5.74) is 1.20. The number of rotatable bonds is 8. The number of halogens is 1. The van der Waals surface area contributed by atoms with Crippen LogP contribution in [0, 0.1) is 18.2 Å². The summed E-state index contributed by atoms with van der Waals surface area (Å²) in [6, 6.07) is 4.66. The third kappa shape index (κ3) is 5.14. The van der Waals surface area contributed by atoms with Crippen molar-refractivity contribution in [3.05, 3.63) is 35.5 Å². The fourth-order valence-corrected chi connectivity index (χ4v) is 3.49. The molecule has 3 rings (SSSR count). The van der Waals surface area contributed by atoms with Crippen molar-refractivity contribution in [2.45, 2.75) is 32.6 Å². The minimum atomic E-state index is -0.274. The molecule has 7 nitrogen and oxygen atoms in total. The highest BCUT2D eigenvalue weighted by Gasteiger charge is 2.32. The van der Waals surface area contributed by atoms with Crippen molar-refractivity contribution in [2.75, 3.05) is 33.4 Å². The number of aromatic nitrogens is 2. The Morgan fingerprint density at radius 1 is 1.39 bits per heavy atom. The summed E-state index contributed by atoms with van der Waals surface area (Å²) >= 11 is 0. The van der Waals surface area contributed by atoms with Crippen LogP contribution in [0.1, 0.15) is 30.7 Å². The standard InChI is InChI=1S/C20H27FN4O3/c1-14-11-15(3-4-16(14)21)19-24-18(28-25-19)6-5-17(26)23-12-20(13-27-2)7-9-22-10-8-20/h3-4,11,22H,5-10,12-13H2,1-2H3,(H,23,26). The van der Waals surface area contributed by atoms with E-state index in [1.54, 1.807) is 26.2 Å². The van der Waals surface area contributed by atoms with E-state index in [9.17, 15) is 9.18 Å². The van der Waals surface area contributed by atoms with E-state index in [0.717, 1.165) is 25.9 Å². The highest BCUT2D eigenvalue weighted by molar-refractivity contribution is 5.76. The quantitative estimate of drug-likeness (QED) is 0.719. The summed E-state index contributed by atoms with van der Waals surface area (Å²) in [5.74, 6) is 0.461. The van der Waals surface area contributed by atoms with Crippen molar-refractivity contribution in [3.63, 3.8) is 0 Å². The van der Waals surface area contributed by atoms with Crippen LogP contribution in [0.3, 0.4) is 0 Å². The van der Waals surface area contributed by atoms with Gasteiger partial charge >= 0.3 is 0 Å². The largest absolute Gasteiger partial charge is 0.384 e. The predicted molar refractivity (Wildman–Crippen MR) is 102 cm³/mol. The first kappa shape index (κ1) is 20.4. The monoisotopic (exact) mass is 390 g/mol. The first-order valence-corrected chi connectivity index (χ1v) is 9.57. The van der Waals surface area contributed by atoms with E-state index in [1.807, 2.05) is 0 Å². The number of nitrogens with zero attached hydrogens (tertiary/aromatic N) is 2. The van der Waals surface area contributed by atoms with Crippen LogP contribution in [-0.4, -0.2) is 49.4 Å². The normalized spacial score (nSPS) is 16.1. The van der Waals surface area contributed by atoms with Crippen molar-refractivity contribution >= 4 is 5.91 Å². The van der Waals surface area contributed by atoms with Crippen LogP contribution in [-0.2, 0) is 16.0 Å². The Morgan fingerprint density at radius 3 is 2.89 bits per heavy atom. The topological polar surface area (TPSA) is 89.3 Å². The summed E-state index contributed by atoms with van der Waals surface area (Å²) in [6.07, 6.45) is 2.58. The lowest BCUT2D eigenvalue weighted by Crippen LogP contribution is -2.47. The van der Waals surface area contributed by atoms with Crippen LogP contribution < -0.4 is 10.6 Å². The molecule has 1 fully saturated rings. The number of methoxy groups -OCH3 is 1. The van der Waals surface area contributed by atoms with Gasteiger partial charge in [0.15, 0.2) is 0 Å². The molecule has 0 radical (unpaired) electrons. The number of piperidine rings is 1. The Hall–Kier alpha value is -2.32. The number of aryl methyl sites for hydroxylation is 2. The van der Waals surface area contributed by atoms with Crippen molar-refractivity contribution in [2.24, 2.45) is 5.41 Å². The number of carbonyl (C=O) groups is 1. The fraction of sp³-hybridized carbons (Fsp3) is 0.550. The SMILES string of the molecule is COCC1(CNC(=O)CCc2nc(-c3ccc(F)c(C)c3)no2)CCNCC1. The molecular weight excluding hydrogens is 363 g/mol. The molecule has 1 aliphatic heterocycles. The number of benzene rings is 1. The molecule has 0 aliphatic carbocycles. The van der Waals surface area contributed by atoms with E-state index >= 15 is 0 Å². The summed E-state index contributed by atoms with van der Waals surface area (Å²) in [4.78, 5) is 16.6. The first-order valence-electron chi connectivity index (χ1n) is 9.57. The van der Waals surface area contributed by atoms with Crippen LogP contribution >= 0.6 is 0 Å². The summed E-state index contributed by atoms with van der Waals surface area (Å²) in [5, 5.41) is 10.3. The van der Waals surface area contributed by atoms with E-state index < -0.39 is 0 Å². The Labute approximate surface area is 164 Å². The van der Waals surface area contributed by atoms with Gasteiger partial charge in [-0.05, 0) is 56.6 Å². The lowest BCUT2D eigenvalue weighted by atomic mass is 9.79. The molecule has 1 amide bonds. The second kappa shape index (κ2) is 9.25. The average Bonchev–Trinajstić information content (AvgIpc) is 3.17. The molecule has 2 aromatic rings. The third-order valence-electron chi connectivity index (χ3n) is 5.23. The second-order valence-corrected chi connectivity index (χ2v) is 7.44. The Kier molecular flexibility index (Phi) is 6.74. The van der Waals surface area contributed by atoms with Crippen LogP contribution in [0.4, 0.5) is 4.39 Å². The van der Waals surface area contributed by atoms with Gasteiger partial charge in [-0.3, -0.25) is 4.79 Å². The van der Waals surface area contributed by atoms with Crippen molar-refractivity contribution in [1.82, 2.24) is 20.8 Å². The van der Waals surface area contributed by atoms with Gasteiger partial charge in [0.2, 0.25) is 17.6 Å². The highest BCUT2D eigenvalue weighted by atomic mass is 19.1. The van der Waals surface area contributed by atoms with Crippen molar-refractivity contribution in [3.8, 4) is 11.4 Å². The minimum absolute atomic E-state index is 0.00619. The molecule has 152 valence electrons. The number of carbonyl (C=O) groups excluding carboxylic acids is 1. The van der Waals surface area contributed by atoms with Gasteiger partial charge in [-0.25, -0.2) is 4.39 Å². The molecule has 0 atom stereocenters. The molecule has 8 heteroatoms. The molecule has 0 saturated carbocycles. The summed E-state index contributed by atoms with van der Waals surface area (Å²) < 4.78 is 24.0. The molecule has 0 unspecified atom stereocenters. The average molecular weight is 390 g/mol. The molecule has 1 saturated heterocycles. The summed E-state index contributed by atoms with van der Waals surface area (Å²) in [6.45, 7) is 4.80. The summed E-state index contributed by atoms with van der Waals surface area (Å²) in [7, 11) is 1.70. The van der Waals surface area contributed by atoms with E-state index in [-0.39, 0.29) is 23.6 Å². The van der Waals surface area contributed by atoms with Gasteiger partial charge < -0.3 is 19.9 Å². The number of amides is 1. The molecule has 0 bridgehead atoms. The van der Waals surface area contributed by atoms with Gasteiger partial charge in [-0.15, -0.1) is 0 Å². The first-order chi connectivity index (χ1) is 13.5. The molecule has 0 spiro atoms. The van der Waals surface area contributed by atoms with E-state index in [0.29, 0.717) is 42.4 Å².